The highest BCUT2D eigenvalue weighted by atomic mass is 16.5. The maximum atomic E-state index is 12.5. The van der Waals surface area contributed by atoms with Gasteiger partial charge in [-0.25, -0.2) is 4.68 Å². The molecule has 0 radical (unpaired) electrons. The van der Waals surface area contributed by atoms with Crippen molar-refractivity contribution in [2.24, 2.45) is 0 Å². The lowest BCUT2D eigenvalue weighted by Gasteiger charge is -2.26. The number of carbonyl (C=O) groups excluding carboxylic acids is 1. The van der Waals surface area contributed by atoms with Crippen LogP contribution in [0.25, 0.3) is 5.69 Å². The number of amides is 1. The summed E-state index contributed by atoms with van der Waals surface area (Å²) in [5, 5.41) is 7.38. The number of para-hydroxylation sites is 2. The molecular weight excluding hydrogens is 352 g/mol. The number of carbonyl (C=O) groups is 1. The van der Waals surface area contributed by atoms with E-state index >= 15 is 0 Å². The van der Waals surface area contributed by atoms with Crippen LogP contribution in [-0.4, -0.2) is 48.3 Å². The fourth-order valence-electron chi connectivity index (χ4n) is 3.14. The van der Waals surface area contributed by atoms with Gasteiger partial charge in [-0.15, -0.1) is 0 Å². The third-order valence-electron chi connectivity index (χ3n) is 4.64. The summed E-state index contributed by atoms with van der Waals surface area (Å²) in [6, 6.07) is 17.7. The Morgan fingerprint density at radius 3 is 2.57 bits per heavy atom. The Hall–Kier alpha value is -3.12. The second-order valence-corrected chi connectivity index (χ2v) is 6.83. The van der Waals surface area contributed by atoms with Gasteiger partial charge in [-0.2, -0.15) is 5.10 Å². The molecule has 6 heteroatoms. The Morgan fingerprint density at radius 1 is 1.14 bits per heavy atom. The Balaban J connectivity index is 1.62. The third-order valence-corrected chi connectivity index (χ3v) is 4.64. The number of ether oxygens (including phenoxy) is 1. The van der Waals surface area contributed by atoms with Crippen molar-refractivity contribution in [3.63, 3.8) is 0 Å². The number of nitrogens with zero attached hydrogens (tertiary/aromatic N) is 3. The molecule has 1 unspecified atom stereocenters. The smallest absolute Gasteiger partial charge is 0.224 e. The minimum Gasteiger partial charge on any atom is -0.496 e. The molecule has 0 aliphatic carbocycles. The molecule has 1 aromatic heterocycles. The summed E-state index contributed by atoms with van der Waals surface area (Å²) in [6.45, 7) is 0.499. The van der Waals surface area contributed by atoms with Crippen LogP contribution in [-0.2, 0) is 11.2 Å². The van der Waals surface area contributed by atoms with Crippen molar-refractivity contribution in [2.75, 3.05) is 27.7 Å². The maximum absolute atomic E-state index is 12.5. The maximum Gasteiger partial charge on any atom is 0.224 e. The molecule has 28 heavy (non-hydrogen) atoms. The van der Waals surface area contributed by atoms with E-state index < -0.39 is 0 Å². The SMILES string of the molecule is COc1ccccc1C(CNC(=O)Cc1cnn(-c2ccccc2)c1)N(C)C. The lowest BCUT2D eigenvalue weighted by molar-refractivity contribution is -0.120. The van der Waals surface area contributed by atoms with Gasteiger partial charge in [0.2, 0.25) is 5.91 Å². The van der Waals surface area contributed by atoms with Crippen molar-refractivity contribution in [3.05, 3.63) is 78.1 Å². The largest absolute Gasteiger partial charge is 0.496 e. The minimum absolute atomic E-state index is 0.0205. The number of aromatic nitrogens is 2. The monoisotopic (exact) mass is 378 g/mol. The summed E-state index contributed by atoms with van der Waals surface area (Å²) in [7, 11) is 5.65. The van der Waals surface area contributed by atoms with E-state index in [4.69, 9.17) is 4.74 Å². The zero-order valence-corrected chi connectivity index (χ0v) is 16.5. The van der Waals surface area contributed by atoms with Gasteiger partial charge in [-0.3, -0.25) is 4.79 Å². The van der Waals surface area contributed by atoms with Crippen molar-refractivity contribution < 1.29 is 9.53 Å². The lowest BCUT2D eigenvalue weighted by atomic mass is 10.0. The summed E-state index contributed by atoms with van der Waals surface area (Å²) < 4.78 is 7.25. The molecule has 3 aromatic rings. The molecular formula is C22H26N4O2. The molecule has 0 fully saturated rings. The summed E-state index contributed by atoms with van der Waals surface area (Å²) in [6.07, 6.45) is 3.91. The number of hydrogen-bond donors (Lipinski definition) is 1. The number of rotatable bonds is 8. The molecule has 146 valence electrons. The molecule has 0 saturated carbocycles. The van der Waals surface area contributed by atoms with Crippen LogP contribution in [0.1, 0.15) is 17.2 Å². The number of hydrogen-bond acceptors (Lipinski definition) is 4. The molecule has 0 aliphatic heterocycles. The number of likely N-dealkylation sites (N-methyl/N-ethyl adjacent to an activating group) is 1. The standard InChI is InChI=1S/C22H26N4O2/c1-25(2)20(19-11-7-8-12-21(19)28-3)15-23-22(27)13-17-14-24-26(16-17)18-9-5-4-6-10-18/h4-12,14,16,20H,13,15H2,1-3H3,(H,23,27). The average Bonchev–Trinajstić information content (AvgIpc) is 3.17. The van der Waals surface area contributed by atoms with Crippen LogP contribution in [0.2, 0.25) is 0 Å². The van der Waals surface area contributed by atoms with Crippen molar-refractivity contribution >= 4 is 5.91 Å². The number of nitrogens with one attached hydrogen (secondary N) is 1. The van der Waals surface area contributed by atoms with E-state index in [1.165, 1.54) is 0 Å². The van der Waals surface area contributed by atoms with Crippen molar-refractivity contribution in [1.82, 2.24) is 20.0 Å². The normalized spacial score (nSPS) is 12.0. The predicted octanol–water partition coefficient (Wildman–Crippen LogP) is 2.84. The van der Waals surface area contributed by atoms with Crippen molar-refractivity contribution in [3.8, 4) is 11.4 Å². The quantitative estimate of drug-likeness (QED) is 0.655. The molecule has 6 nitrogen and oxygen atoms in total. The van der Waals surface area contributed by atoms with Crippen LogP contribution in [0.15, 0.2) is 67.0 Å². The summed E-state index contributed by atoms with van der Waals surface area (Å²) in [5.41, 5.74) is 2.89. The van der Waals surface area contributed by atoms with Crippen LogP contribution in [0.3, 0.4) is 0 Å². The second-order valence-electron chi connectivity index (χ2n) is 6.83. The lowest BCUT2D eigenvalue weighted by Crippen LogP contribution is -2.35. The van der Waals surface area contributed by atoms with Gasteiger partial charge in [0.1, 0.15) is 5.75 Å². The van der Waals surface area contributed by atoms with E-state index in [9.17, 15) is 4.79 Å². The van der Waals surface area contributed by atoms with Crippen LogP contribution in [0.4, 0.5) is 0 Å². The Bertz CT molecular complexity index is 906. The number of benzene rings is 2. The highest BCUT2D eigenvalue weighted by Crippen LogP contribution is 2.27. The van der Waals surface area contributed by atoms with Crippen LogP contribution in [0, 0.1) is 0 Å². The van der Waals surface area contributed by atoms with Gasteiger partial charge >= 0.3 is 0 Å². The predicted molar refractivity (Wildman–Crippen MR) is 110 cm³/mol. The zero-order valence-electron chi connectivity index (χ0n) is 16.5. The molecule has 0 aliphatic rings. The molecule has 0 spiro atoms. The van der Waals surface area contributed by atoms with Gasteiger partial charge in [0, 0.05) is 18.3 Å². The first-order valence-corrected chi connectivity index (χ1v) is 9.23. The van der Waals surface area contributed by atoms with Gasteiger partial charge in [0.05, 0.1) is 31.5 Å². The summed E-state index contributed by atoms with van der Waals surface area (Å²) >= 11 is 0. The number of methoxy groups -OCH3 is 1. The van der Waals surface area contributed by atoms with E-state index in [2.05, 4.69) is 15.3 Å². The van der Waals surface area contributed by atoms with Gasteiger partial charge in [0.25, 0.3) is 0 Å². The van der Waals surface area contributed by atoms with Crippen LogP contribution >= 0.6 is 0 Å². The van der Waals surface area contributed by atoms with Gasteiger partial charge in [0.15, 0.2) is 0 Å². The molecule has 1 N–H and O–H groups in total. The Morgan fingerprint density at radius 2 is 1.86 bits per heavy atom. The minimum atomic E-state index is -0.0330. The molecule has 3 rings (SSSR count). The van der Waals surface area contributed by atoms with Gasteiger partial charge in [-0.05, 0) is 37.9 Å². The fourth-order valence-corrected chi connectivity index (χ4v) is 3.14. The van der Waals surface area contributed by atoms with Crippen LogP contribution in [0.5, 0.6) is 5.75 Å². The second kappa shape index (κ2) is 9.19. The molecule has 2 aromatic carbocycles. The van der Waals surface area contributed by atoms with Crippen molar-refractivity contribution in [1.29, 1.82) is 0 Å². The van der Waals surface area contributed by atoms with Gasteiger partial charge < -0.3 is 15.0 Å². The summed E-state index contributed by atoms with van der Waals surface area (Å²) in [5.74, 6) is 0.786. The van der Waals surface area contributed by atoms with E-state index in [0.717, 1.165) is 22.6 Å². The van der Waals surface area contributed by atoms with Crippen LogP contribution < -0.4 is 10.1 Å². The van der Waals surface area contributed by atoms with Gasteiger partial charge in [-0.1, -0.05) is 36.4 Å². The van der Waals surface area contributed by atoms with E-state index in [1.54, 1.807) is 18.0 Å². The fraction of sp³-hybridized carbons (Fsp3) is 0.273. The highest BCUT2D eigenvalue weighted by Gasteiger charge is 2.19. The zero-order chi connectivity index (χ0) is 19.9. The average molecular weight is 378 g/mol. The Kier molecular flexibility index (Phi) is 6.45. The molecule has 1 heterocycles. The topological polar surface area (TPSA) is 59.4 Å². The molecule has 1 atom stereocenters. The van der Waals surface area contributed by atoms with E-state index in [-0.39, 0.29) is 11.9 Å². The Labute approximate surface area is 165 Å². The van der Waals surface area contributed by atoms with E-state index in [0.29, 0.717) is 13.0 Å². The third kappa shape index (κ3) is 4.78. The van der Waals surface area contributed by atoms with E-state index in [1.807, 2.05) is 74.9 Å². The first-order chi connectivity index (χ1) is 13.6. The molecule has 1 amide bonds. The molecule has 0 saturated heterocycles. The first kappa shape index (κ1) is 19.6. The van der Waals surface area contributed by atoms with Crippen molar-refractivity contribution in [2.45, 2.75) is 12.5 Å². The summed E-state index contributed by atoms with van der Waals surface area (Å²) in [4.78, 5) is 14.5. The highest BCUT2D eigenvalue weighted by molar-refractivity contribution is 5.78. The molecule has 0 bridgehead atoms. The first-order valence-electron chi connectivity index (χ1n) is 9.23.